The highest BCUT2D eigenvalue weighted by Crippen LogP contribution is 2.17. The van der Waals surface area contributed by atoms with E-state index in [1.165, 1.54) is 16.1 Å². The Morgan fingerprint density at radius 1 is 1.24 bits per heavy atom. The summed E-state index contributed by atoms with van der Waals surface area (Å²) in [5.41, 5.74) is 2.39. The maximum Gasteiger partial charge on any atom is 0.220 e. The van der Waals surface area contributed by atoms with Crippen LogP contribution in [-0.4, -0.2) is 17.4 Å². The van der Waals surface area contributed by atoms with Crippen LogP contribution < -0.4 is 5.32 Å². The summed E-state index contributed by atoms with van der Waals surface area (Å²) >= 11 is 1.74. The van der Waals surface area contributed by atoms with E-state index < -0.39 is 0 Å². The van der Waals surface area contributed by atoms with Gasteiger partial charge in [-0.1, -0.05) is 37.3 Å². The second-order valence-electron chi connectivity index (χ2n) is 5.05. The normalized spacial score (nSPS) is 10.6. The smallest absolute Gasteiger partial charge is 0.220 e. The molecule has 0 aliphatic heterocycles. The number of rotatable bonds is 7. The molecule has 0 saturated heterocycles. The molecule has 2 rings (SSSR count). The van der Waals surface area contributed by atoms with E-state index in [4.69, 9.17) is 0 Å². The van der Waals surface area contributed by atoms with Crippen molar-refractivity contribution in [3.63, 3.8) is 0 Å². The number of benzene rings is 1. The van der Waals surface area contributed by atoms with Crippen molar-refractivity contribution in [2.24, 2.45) is 0 Å². The number of nitrogens with one attached hydrogen (secondary N) is 1. The summed E-state index contributed by atoms with van der Waals surface area (Å²) in [6.07, 6.45) is 3.14. The number of amides is 1. The first-order valence-corrected chi connectivity index (χ1v) is 8.26. The molecule has 112 valence electrons. The van der Waals surface area contributed by atoms with Gasteiger partial charge in [0.25, 0.3) is 0 Å². The monoisotopic (exact) mass is 302 g/mol. The molecule has 1 heterocycles. The Bertz CT molecular complexity index is 578. The van der Waals surface area contributed by atoms with E-state index in [0.29, 0.717) is 13.0 Å². The SMILES string of the molecule is CCc1nc(CCNC(=O)CCc2ccccc2)sc1C. The molecule has 1 N–H and O–H groups in total. The topological polar surface area (TPSA) is 42.0 Å². The summed E-state index contributed by atoms with van der Waals surface area (Å²) in [5, 5.41) is 4.09. The van der Waals surface area contributed by atoms with Crippen molar-refractivity contribution in [3.05, 3.63) is 51.5 Å². The van der Waals surface area contributed by atoms with Crippen molar-refractivity contribution in [1.29, 1.82) is 0 Å². The molecule has 0 aliphatic carbocycles. The largest absolute Gasteiger partial charge is 0.356 e. The summed E-state index contributed by atoms with van der Waals surface area (Å²) in [6, 6.07) is 10.1. The second kappa shape index (κ2) is 7.93. The minimum absolute atomic E-state index is 0.114. The van der Waals surface area contributed by atoms with Crippen molar-refractivity contribution in [2.45, 2.75) is 39.5 Å². The summed E-state index contributed by atoms with van der Waals surface area (Å²) in [5.74, 6) is 0.114. The van der Waals surface area contributed by atoms with Gasteiger partial charge >= 0.3 is 0 Å². The van der Waals surface area contributed by atoms with Crippen LogP contribution in [0.5, 0.6) is 0 Å². The van der Waals surface area contributed by atoms with E-state index in [1.54, 1.807) is 11.3 Å². The van der Waals surface area contributed by atoms with Crippen LogP contribution in [0, 0.1) is 6.92 Å². The summed E-state index contributed by atoms with van der Waals surface area (Å²) in [7, 11) is 0. The number of aromatic nitrogens is 1. The van der Waals surface area contributed by atoms with Gasteiger partial charge in [0.1, 0.15) is 0 Å². The molecular weight excluding hydrogens is 280 g/mol. The molecule has 1 aromatic carbocycles. The number of carbonyl (C=O) groups is 1. The van der Waals surface area contributed by atoms with Gasteiger partial charge in [0.05, 0.1) is 10.7 Å². The minimum atomic E-state index is 0.114. The zero-order valence-electron chi connectivity index (χ0n) is 12.7. The number of hydrogen-bond donors (Lipinski definition) is 1. The molecule has 0 atom stereocenters. The molecule has 3 nitrogen and oxygen atoms in total. The first kappa shape index (κ1) is 15.7. The van der Waals surface area contributed by atoms with Crippen molar-refractivity contribution in [3.8, 4) is 0 Å². The van der Waals surface area contributed by atoms with E-state index in [1.807, 2.05) is 18.2 Å². The lowest BCUT2D eigenvalue weighted by Crippen LogP contribution is -2.25. The molecule has 0 aliphatic rings. The van der Waals surface area contributed by atoms with Gasteiger partial charge in [-0.2, -0.15) is 0 Å². The molecule has 0 radical (unpaired) electrons. The summed E-state index contributed by atoms with van der Waals surface area (Å²) in [6.45, 7) is 4.90. The molecule has 0 saturated carbocycles. The molecule has 1 amide bonds. The molecular formula is C17H22N2OS. The molecule has 0 unspecified atom stereocenters. The average molecular weight is 302 g/mol. The lowest BCUT2D eigenvalue weighted by Gasteiger charge is -2.04. The van der Waals surface area contributed by atoms with Crippen LogP contribution >= 0.6 is 11.3 Å². The highest BCUT2D eigenvalue weighted by atomic mass is 32.1. The predicted molar refractivity (Wildman–Crippen MR) is 87.7 cm³/mol. The summed E-state index contributed by atoms with van der Waals surface area (Å²) in [4.78, 5) is 17.7. The van der Waals surface area contributed by atoms with Gasteiger partial charge in [0.2, 0.25) is 5.91 Å². The highest BCUT2D eigenvalue weighted by molar-refractivity contribution is 7.11. The zero-order valence-corrected chi connectivity index (χ0v) is 13.5. The number of carbonyl (C=O) groups excluding carboxylic acids is 1. The molecule has 4 heteroatoms. The van der Waals surface area contributed by atoms with Crippen LogP contribution in [0.4, 0.5) is 0 Å². The molecule has 21 heavy (non-hydrogen) atoms. The van der Waals surface area contributed by atoms with E-state index in [-0.39, 0.29) is 5.91 Å². The average Bonchev–Trinajstić information content (AvgIpc) is 2.86. The van der Waals surface area contributed by atoms with Gasteiger partial charge in [-0.3, -0.25) is 4.79 Å². The molecule has 0 fully saturated rings. The first-order valence-electron chi connectivity index (χ1n) is 7.45. The fourth-order valence-electron chi connectivity index (χ4n) is 2.22. The van der Waals surface area contributed by atoms with Crippen LogP contribution in [0.15, 0.2) is 30.3 Å². The Kier molecular flexibility index (Phi) is 5.93. The van der Waals surface area contributed by atoms with Crippen molar-refractivity contribution in [1.82, 2.24) is 10.3 Å². The van der Waals surface area contributed by atoms with Crippen LogP contribution in [0.25, 0.3) is 0 Å². The van der Waals surface area contributed by atoms with Gasteiger partial charge < -0.3 is 5.32 Å². The third kappa shape index (κ3) is 4.97. The van der Waals surface area contributed by atoms with Crippen molar-refractivity contribution >= 4 is 17.2 Å². The molecule has 0 spiro atoms. The maximum absolute atomic E-state index is 11.8. The Balaban J connectivity index is 1.69. The van der Waals surface area contributed by atoms with Gasteiger partial charge in [-0.15, -0.1) is 11.3 Å². The predicted octanol–water partition coefficient (Wildman–Crippen LogP) is 3.31. The van der Waals surface area contributed by atoms with E-state index in [2.05, 4.69) is 36.3 Å². The fraction of sp³-hybridized carbons (Fsp3) is 0.412. The van der Waals surface area contributed by atoms with E-state index >= 15 is 0 Å². The van der Waals surface area contributed by atoms with Crippen LogP contribution in [0.2, 0.25) is 0 Å². The number of nitrogens with zero attached hydrogens (tertiary/aromatic N) is 1. The number of hydrogen-bond acceptors (Lipinski definition) is 3. The van der Waals surface area contributed by atoms with Crippen molar-refractivity contribution < 1.29 is 4.79 Å². The Morgan fingerprint density at radius 3 is 2.67 bits per heavy atom. The van der Waals surface area contributed by atoms with Crippen LogP contribution in [-0.2, 0) is 24.1 Å². The third-order valence-electron chi connectivity index (χ3n) is 3.42. The molecule has 1 aromatic heterocycles. The van der Waals surface area contributed by atoms with Gasteiger partial charge in [0.15, 0.2) is 0 Å². The number of thiazole rings is 1. The van der Waals surface area contributed by atoms with Gasteiger partial charge in [-0.05, 0) is 25.3 Å². The standard InChI is InChI=1S/C17H22N2OS/c1-3-15-13(2)21-17(19-15)11-12-18-16(20)10-9-14-7-5-4-6-8-14/h4-8H,3,9-12H2,1-2H3,(H,18,20). The second-order valence-corrected chi connectivity index (χ2v) is 6.34. The highest BCUT2D eigenvalue weighted by Gasteiger charge is 2.06. The Morgan fingerprint density at radius 2 is 2.00 bits per heavy atom. The third-order valence-corrected chi connectivity index (χ3v) is 4.49. The van der Waals surface area contributed by atoms with Crippen LogP contribution in [0.1, 0.15) is 34.5 Å². The van der Waals surface area contributed by atoms with Gasteiger partial charge in [0, 0.05) is 24.3 Å². The lowest BCUT2D eigenvalue weighted by atomic mass is 10.1. The number of aryl methyl sites for hydroxylation is 3. The quantitative estimate of drug-likeness (QED) is 0.852. The van der Waals surface area contributed by atoms with Crippen LogP contribution in [0.3, 0.4) is 0 Å². The van der Waals surface area contributed by atoms with E-state index in [9.17, 15) is 4.79 Å². The Hall–Kier alpha value is -1.68. The maximum atomic E-state index is 11.8. The van der Waals surface area contributed by atoms with Crippen molar-refractivity contribution in [2.75, 3.05) is 6.54 Å². The van der Waals surface area contributed by atoms with E-state index in [0.717, 1.165) is 24.3 Å². The first-order chi connectivity index (χ1) is 10.2. The zero-order chi connectivity index (χ0) is 15.1. The fourth-order valence-corrected chi connectivity index (χ4v) is 3.24. The summed E-state index contributed by atoms with van der Waals surface area (Å²) < 4.78 is 0. The van der Waals surface area contributed by atoms with Gasteiger partial charge in [-0.25, -0.2) is 4.98 Å². The minimum Gasteiger partial charge on any atom is -0.356 e. The molecule has 0 bridgehead atoms. The molecule has 2 aromatic rings. The lowest BCUT2D eigenvalue weighted by molar-refractivity contribution is -0.121. The Labute approximate surface area is 130 Å².